The minimum Gasteiger partial charge on any atom is -0.393 e. The van der Waals surface area contributed by atoms with E-state index in [1.165, 1.54) is 0 Å². The van der Waals surface area contributed by atoms with E-state index in [1.54, 1.807) is 0 Å². The third-order valence-corrected chi connectivity index (χ3v) is 2.17. The monoisotopic (exact) mass is 156 g/mol. The van der Waals surface area contributed by atoms with E-state index in [-0.39, 0.29) is 23.8 Å². The van der Waals surface area contributed by atoms with Crippen LogP contribution >= 0.6 is 0 Å². The van der Waals surface area contributed by atoms with Crippen molar-refractivity contribution in [1.82, 2.24) is 0 Å². The zero-order valence-electron chi connectivity index (χ0n) is 6.79. The standard InChI is InChI=1S/C8H12O3/c1-3-5-6(4-2)8(10)11-7(5)9/h5-6H,3-4H2,1-2H3/t5-,6-/m1/s1. The van der Waals surface area contributed by atoms with Crippen molar-refractivity contribution in [3.8, 4) is 0 Å². The molecule has 0 aromatic carbocycles. The van der Waals surface area contributed by atoms with Gasteiger partial charge in [-0.1, -0.05) is 13.8 Å². The van der Waals surface area contributed by atoms with Crippen LogP contribution in [0.2, 0.25) is 0 Å². The summed E-state index contributed by atoms with van der Waals surface area (Å²) in [6.07, 6.45) is 1.40. The Labute approximate surface area is 65.7 Å². The summed E-state index contributed by atoms with van der Waals surface area (Å²) < 4.78 is 4.49. The molecule has 1 saturated heterocycles. The number of hydrogen-bond donors (Lipinski definition) is 0. The Hall–Kier alpha value is -0.860. The van der Waals surface area contributed by atoms with Gasteiger partial charge in [-0.05, 0) is 12.8 Å². The van der Waals surface area contributed by atoms with Gasteiger partial charge in [-0.3, -0.25) is 9.59 Å². The van der Waals surface area contributed by atoms with Gasteiger partial charge in [0.05, 0.1) is 11.8 Å². The summed E-state index contributed by atoms with van der Waals surface area (Å²) in [5, 5.41) is 0. The number of carbonyl (C=O) groups excluding carboxylic acids is 2. The normalized spacial score (nSPS) is 30.7. The molecule has 0 aromatic heterocycles. The number of esters is 2. The first-order valence-electron chi connectivity index (χ1n) is 3.96. The third kappa shape index (κ3) is 1.27. The summed E-state index contributed by atoms with van der Waals surface area (Å²) >= 11 is 0. The number of cyclic esters (lactones) is 2. The van der Waals surface area contributed by atoms with Gasteiger partial charge in [0.25, 0.3) is 0 Å². The van der Waals surface area contributed by atoms with E-state index in [9.17, 15) is 9.59 Å². The van der Waals surface area contributed by atoms with Crippen LogP contribution in [-0.4, -0.2) is 11.9 Å². The zero-order valence-corrected chi connectivity index (χ0v) is 6.79. The van der Waals surface area contributed by atoms with Crippen molar-refractivity contribution in [3.05, 3.63) is 0 Å². The molecule has 0 aliphatic carbocycles. The van der Waals surface area contributed by atoms with E-state index in [0.29, 0.717) is 12.8 Å². The lowest BCUT2D eigenvalue weighted by atomic mass is 9.91. The van der Waals surface area contributed by atoms with Gasteiger partial charge in [0.1, 0.15) is 0 Å². The van der Waals surface area contributed by atoms with E-state index in [2.05, 4.69) is 4.74 Å². The predicted octanol–water partition coefficient (Wildman–Crippen LogP) is 1.12. The van der Waals surface area contributed by atoms with Gasteiger partial charge in [-0.2, -0.15) is 0 Å². The predicted molar refractivity (Wildman–Crippen MR) is 38.7 cm³/mol. The van der Waals surface area contributed by atoms with Gasteiger partial charge >= 0.3 is 11.9 Å². The largest absolute Gasteiger partial charge is 0.393 e. The molecule has 3 nitrogen and oxygen atoms in total. The fourth-order valence-corrected chi connectivity index (χ4v) is 1.48. The van der Waals surface area contributed by atoms with E-state index in [4.69, 9.17) is 0 Å². The summed E-state index contributed by atoms with van der Waals surface area (Å²) in [5.74, 6) is -1.06. The van der Waals surface area contributed by atoms with E-state index in [0.717, 1.165) is 0 Å². The first-order valence-corrected chi connectivity index (χ1v) is 3.96. The molecule has 0 aromatic rings. The van der Waals surface area contributed by atoms with Crippen LogP contribution in [-0.2, 0) is 14.3 Å². The summed E-state index contributed by atoms with van der Waals surface area (Å²) in [4.78, 5) is 21.9. The van der Waals surface area contributed by atoms with Gasteiger partial charge in [-0.25, -0.2) is 0 Å². The van der Waals surface area contributed by atoms with Gasteiger partial charge < -0.3 is 4.74 Å². The lowest BCUT2D eigenvalue weighted by Crippen LogP contribution is -2.15. The molecule has 1 fully saturated rings. The Balaban J connectivity index is 2.74. The molecule has 0 N–H and O–H groups in total. The van der Waals surface area contributed by atoms with Crippen LogP contribution in [0.4, 0.5) is 0 Å². The number of carbonyl (C=O) groups is 2. The number of ether oxygens (including phenoxy) is 1. The van der Waals surface area contributed by atoms with Gasteiger partial charge in [-0.15, -0.1) is 0 Å². The minimum absolute atomic E-state index is 0.188. The number of rotatable bonds is 2. The quantitative estimate of drug-likeness (QED) is 0.444. The average molecular weight is 156 g/mol. The lowest BCUT2D eigenvalue weighted by Gasteiger charge is -2.06. The van der Waals surface area contributed by atoms with Crippen molar-refractivity contribution in [2.45, 2.75) is 26.7 Å². The van der Waals surface area contributed by atoms with Gasteiger partial charge in [0, 0.05) is 0 Å². The van der Waals surface area contributed by atoms with Gasteiger partial charge in [0.15, 0.2) is 0 Å². The Morgan fingerprint density at radius 2 is 1.45 bits per heavy atom. The minimum atomic E-state index is -0.343. The number of hydrogen-bond acceptors (Lipinski definition) is 3. The first-order chi connectivity index (χ1) is 5.20. The highest BCUT2D eigenvalue weighted by atomic mass is 16.6. The SMILES string of the molecule is CC[C@H]1C(=O)OC(=O)[C@@H]1CC. The maximum Gasteiger partial charge on any atom is 0.317 e. The lowest BCUT2D eigenvalue weighted by molar-refractivity contribution is -0.153. The van der Waals surface area contributed by atoms with Crippen LogP contribution in [0.3, 0.4) is 0 Å². The molecule has 1 aliphatic heterocycles. The molecule has 11 heavy (non-hydrogen) atoms. The van der Waals surface area contributed by atoms with Crippen molar-refractivity contribution in [3.63, 3.8) is 0 Å². The van der Waals surface area contributed by atoms with Crippen LogP contribution in [0.25, 0.3) is 0 Å². The summed E-state index contributed by atoms with van der Waals surface area (Å²) in [6, 6.07) is 0. The third-order valence-electron chi connectivity index (χ3n) is 2.17. The van der Waals surface area contributed by atoms with E-state index >= 15 is 0 Å². The maximum absolute atomic E-state index is 10.9. The molecule has 62 valence electrons. The molecule has 2 atom stereocenters. The van der Waals surface area contributed by atoms with Crippen molar-refractivity contribution in [2.75, 3.05) is 0 Å². The maximum atomic E-state index is 10.9. The van der Waals surface area contributed by atoms with Crippen LogP contribution in [0, 0.1) is 11.8 Å². The van der Waals surface area contributed by atoms with Crippen LogP contribution < -0.4 is 0 Å². The average Bonchev–Trinajstić information content (AvgIpc) is 2.24. The van der Waals surface area contributed by atoms with E-state index < -0.39 is 0 Å². The molecule has 0 spiro atoms. The molecule has 0 amide bonds. The van der Waals surface area contributed by atoms with Crippen molar-refractivity contribution < 1.29 is 14.3 Å². The fraction of sp³-hybridized carbons (Fsp3) is 0.750. The Morgan fingerprint density at radius 3 is 1.73 bits per heavy atom. The molecule has 3 heteroatoms. The molecule has 0 saturated carbocycles. The van der Waals surface area contributed by atoms with Crippen LogP contribution in [0.1, 0.15) is 26.7 Å². The Morgan fingerprint density at radius 1 is 1.09 bits per heavy atom. The van der Waals surface area contributed by atoms with Crippen molar-refractivity contribution in [2.24, 2.45) is 11.8 Å². The molecule has 0 unspecified atom stereocenters. The van der Waals surface area contributed by atoms with Gasteiger partial charge in [0.2, 0.25) is 0 Å². The fourth-order valence-electron chi connectivity index (χ4n) is 1.48. The second-order valence-corrected chi connectivity index (χ2v) is 2.77. The molecule has 0 radical (unpaired) electrons. The second-order valence-electron chi connectivity index (χ2n) is 2.77. The van der Waals surface area contributed by atoms with Crippen molar-refractivity contribution in [1.29, 1.82) is 0 Å². The van der Waals surface area contributed by atoms with E-state index in [1.807, 2.05) is 13.8 Å². The molecule has 1 heterocycles. The smallest absolute Gasteiger partial charge is 0.317 e. The first kappa shape index (κ1) is 8.24. The molecule has 1 aliphatic rings. The molecule has 1 rings (SSSR count). The van der Waals surface area contributed by atoms with Crippen LogP contribution in [0.5, 0.6) is 0 Å². The highest BCUT2D eigenvalue weighted by Gasteiger charge is 2.41. The van der Waals surface area contributed by atoms with Crippen LogP contribution in [0.15, 0.2) is 0 Å². The Kier molecular flexibility index (Phi) is 2.27. The topological polar surface area (TPSA) is 43.4 Å². The highest BCUT2D eigenvalue weighted by molar-refractivity contribution is 5.96. The molecular weight excluding hydrogens is 144 g/mol. The zero-order chi connectivity index (χ0) is 8.43. The summed E-state index contributed by atoms with van der Waals surface area (Å²) in [5.41, 5.74) is 0. The molecule has 0 bridgehead atoms. The molecular formula is C8H12O3. The summed E-state index contributed by atoms with van der Waals surface area (Å²) in [6.45, 7) is 3.79. The Bertz CT molecular complexity index is 166. The summed E-state index contributed by atoms with van der Waals surface area (Å²) in [7, 11) is 0. The van der Waals surface area contributed by atoms with Crippen molar-refractivity contribution >= 4 is 11.9 Å². The highest BCUT2D eigenvalue weighted by Crippen LogP contribution is 2.28. The second kappa shape index (κ2) is 3.03.